The summed E-state index contributed by atoms with van der Waals surface area (Å²) in [4.78, 5) is 0. The number of nitrogen functional groups attached to an aromatic ring is 1. The Labute approximate surface area is 101 Å². The first-order chi connectivity index (χ1) is 7.93. The molecule has 2 rings (SSSR count). The summed E-state index contributed by atoms with van der Waals surface area (Å²) in [5, 5.41) is 8.86. The molecule has 1 heterocycles. The van der Waals surface area contributed by atoms with Gasteiger partial charge in [-0.3, -0.25) is 0 Å². The summed E-state index contributed by atoms with van der Waals surface area (Å²) >= 11 is 0. The fraction of sp³-hybridized carbons (Fsp3) is 0.364. The molecule has 1 aromatic rings. The Hall–Kier alpha value is -1.58. The number of nitrogens with two attached hydrogens (primary N) is 1. The molecule has 0 atom stereocenters. The fourth-order valence-electron chi connectivity index (χ4n) is 2.04. The van der Waals surface area contributed by atoms with Gasteiger partial charge in [0.15, 0.2) is 0 Å². The lowest BCUT2D eigenvalue weighted by Crippen LogP contribution is -2.35. The first-order valence-electron chi connectivity index (χ1n) is 5.19. The van der Waals surface area contributed by atoms with Gasteiger partial charge in [0.05, 0.1) is 17.5 Å². The molecule has 1 aliphatic rings. The first kappa shape index (κ1) is 11.9. The molecule has 0 saturated heterocycles. The van der Waals surface area contributed by atoms with Gasteiger partial charge in [0, 0.05) is 13.1 Å². The Bertz CT molecular complexity index is 602. The van der Waals surface area contributed by atoms with E-state index >= 15 is 0 Å². The Kier molecular flexibility index (Phi) is 2.81. The van der Waals surface area contributed by atoms with Crippen LogP contribution in [0.3, 0.4) is 0 Å². The van der Waals surface area contributed by atoms with Crippen LogP contribution in [0.4, 0.5) is 5.69 Å². The maximum atomic E-state index is 11.4. The van der Waals surface area contributed by atoms with Crippen molar-refractivity contribution in [1.82, 2.24) is 4.31 Å². The second-order valence-corrected chi connectivity index (χ2v) is 6.11. The molecule has 0 aromatic heterocycles. The van der Waals surface area contributed by atoms with Crippen molar-refractivity contribution in [2.75, 3.05) is 18.5 Å². The number of hydrogen-bond donors (Lipinski definition) is 1. The van der Waals surface area contributed by atoms with E-state index < -0.39 is 10.0 Å². The molecule has 0 amide bonds. The summed E-state index contributed by atoms with van der Waals surface area (Å²) in [7, 11) is -3.17. The molecule has 17 heavy (non-hydrogen) atoms. The van der Waals surface area contributed by atoms with Gasteiger partial charge in [-0.05, 0) is 23.6 Å². The van der Waals surface area contributed by atoms with Crippen LogP contribution in [-0.4, -0.2) is 25.5 Å². The van der Waals surface area contributed by atoms with Gasteiger partial charge in [-0.1, -0.05) is 6.07 Å². The summed E-state index contributed by atoms with van der Waals surface area (Å²) in [6.45, 7) is 0.759. The Morgan fingerprint density at radius 2 is 2.18 bits per heavy atom. The average molecular weight is 251 g/mol. The number of benzene rings is 1. The minimum Gasteiger partial charge on any atom is -0.397 e. The van der Waals surface area contributed by atoms with Crippen molar-refractivity contribution >= 4 is 15.7 Å². The van der Waals surface area contributed by atoms with E-state index in [2.05, 4.69) is 0 Å². The number of nitriles is 1. The summed E-state index contributed by atoms with van der Waals surface area (Å²) in [5.74, 6) is 0. The van der Waals surface area contributed by atoms with E-state index in [9.17, 15) is 8.42 Å². The average Bonchev–Trinajstić information content (AvgIpc) is 2.28. The lowest BCUT2D eigenvalue weighted by molar-refractivity contribution is 0.395. The van der Waals surface area contributed by atoms with Gasteiger partial charge in [-0.25, -0.2) is 8.42 Å². The highest BCUT2D eigenvalue weighted by Gasteiger charge is 2.24. The molecule has 6 heteroatoms. The van der Waals surface area contributed by atoms with E-state index in [0.29, 0.717) is 30.8 Å². The van der Waals surface area contributed by atoms with Crippen molar-refractivity contribution < 1.29 is 8.42 Å². The van der Waals surface area contributed by atoms with Crippen LogP contribution in [0, 0.1) is 11.3 Å². The van der Waals surface area contributed by atoms with Crippen LogP contribution in [0.1, 0.15) is 16.7 Å². The van der Waals surface area contributed by atoms with Crippen LogP contribution < -0.4 is 5.73 Å². The molecule has 0 fully saturated rings. The summed E-state index contributed by atoms with van der Waals surface area (Å²) < 4.78 is 24.3. The van der Waals surface area contributed by atoms with E-state index in [1.807, 2.05) is 6.07 Å². The van der Waals surface area contributed by atoms with Crippen LogP contribution in [-0.2, 0) is 23.0 Å². The van der Waals surface area contributed by atoms with Gasteiger partial charge >= 0.3 is 0 Å². The van der Waals surface area contributed by atoms with Crippen molar-refractivity contribution in [2.45, 2.75) is 13.0 Å². The third kappa shape index (κ3) is 2.12. The molecule has 0 radical (unpaired) electrons. The van der Waals surface area contributed by atoms with Crippen LogP contribution in [0.2, 0.25) is 0 Å². The number of fused-ring (bicyclic) bond motifs is 1. The smallest absolute Gasteiger partial charge is 0.211 e. The molecular weight excluding hydrogens is 238 g/mol. The molecule has 0 bridgehead atoms. The molecule has 0 aliphatic carbocycles. The van der Waals surface area contributed by atoms with Gasteiger partial charge in [-0.15, -0.1) is 0 Å². The third-order valence-corrected chi connectivity index (χ3v) is 4.25. The van der Waals surface area contributed by atoms with Crippen LogP contribution in [0.15, 0.2) is 12.1 Å². The second kappa shape index (κ2) is 4.02. The number of nitrogens with zero attached hydrogens (tertiary/aromatic N) is 2. The second-order valence-electron chi connectivity index (χ2n) is 4.12. The summed E-state index contributed by atoms with van der Waals surface area (Å²) in [6, 6.07) is 5.45. The SMILES string of the molecule is CS(=O)(=O)N1CCc2c(ccc(C#N)c2N)C1. The molecule has 90 valence electrons. The quantitative estimate of drug-likeness (QED) is 0.734. The highest BCUT2D eigenvalue weighted by Crippen LogP contribution is 2.27. The Morgan fingerprint density at radius 1 is 1.47 bits per heavy atom. The standard InChI is InChI=1S/C11H13N3O2S/c1-17(15,16)14-5-4-10-9(7-14)3-2-8(6-12)11(10)13/h2-3H,4-5,7,13H2,1H3. The highest BCUT2D eigenvalue weighted by atomic mass is 32.2. The zero-order valence-corrected chi connectivity index (χ0v) is 10.3. The predicted molar refractivity (Wildman–Crippen MR) is 64.5 cm³/mol. The number of hydrogen-bond acceptors (Lipinski definition) is 4. The van der Waals surface area contributed by atoms with Crippen molar-refractivity contribution in [3.05, 3.63) is 28.8 Å². The van der Waals surface area contributed by atoms with E-state index in [1.165, 1.54) is 10.6 Å². The number of anilines is 1. The fourth-order valence-corrected chi connectivity index (χ4v) is 2.84. The summed E-state index contributed by atoms with van der Waals surface area (Å²) in [6.07, 6.45) is 1.76. The molecule has 5 nitrogen and oxygen atoms in total. The highest BCUT2D eigenvalue weighted by molar-refractivity contribution is 7.88. The molecule has 0 spiro atoms. The normalized spacial score (nSPS) is 16.2. The van der Waals surface area contributed by atoms with Crippen molar-refractivity contribution in [1.29, 1.82) is 5.26 Å². The predicted octanol–water partition coefficient (Wildman–Crippen LogP) is 0.458. The Balaban J connectivity index is 2.43. The molecule has 1 aromatic carbocycles. The van der Waals surface area contributed by atoms with E-state index in [4.69, 9.17) is 11.0 Å². The van der Waals surface area contributed by atoms with Gasteiger partial charge < -0.3 is 5.73 Å². The van der Waals surface area contributed by atoms with Crippen LogP contribution >= 0.6 is 0 Å². The van der Waals surface area contributed by atoms with E-state index in [0.717, 1.165) is 11.1 Å². The molecule has 1 aliphatic heterocycles. The largest absolute Gasteiger partial charge is 0.397 e. The number of sulfonamides is 1. The van der Waals surface area contributed by atoms with Gasteiger partial charge in [0.1, 0.15) is 6.07 Å². The van der Waals surface area contributed by atoms with E-state index in [1.54, 1.807) is 12.1 Å². The molecular formula is C11H13N3O2S. The van der Waals surface area contributed by atoms with Crippen molar-refractivity contribution in [3.8, 4) is 6.07 Å². The van der Waals surface area contributed by atoms with E-state index in [-0.39, 0.29) is 0 Å². The maximum Gasteiger partial charge on any atom is 0.211 e. The van der Waals surface area contributed by atoms with Crippen LogP contribution in [0.25, 0.3) is 0 Å². The zero-order valence-electron chi connectivity index (χ0n) is 9.47. The minimum absolute atomic E-state index is 0.337. The van der Waals surface area contributed by atoms with Gasteiger partial charge in [-0.2, -0.15) is 9.57 Å². The molecule has 0 saturated carbocycles. The lowest BCUT2D eigenvalue weighted by atomic mass is 9.96. The van der Waals surface area contributed by atoms with Crippen molar-refractivity contribution in [2.24, 2.45) is 0 Å². The Morgan fingerprint density at radius 3 is 2.76 bits per heavy atom. The minimum atomic E-state index is -3.17. The maximum absolute atomic E-state index is 11.4. The zero-order chi connectivity index (χ0) is 12.6. The number of rotatable bonds is 1. The monoisotopic (exact) mass is 251 g/mol. The third-order valence-electron chi connectivity index (χ3n) is 3.00. The molecule has 0 unspecified atom stereocenters. The lowest BCUT2D eigenvalue weighted by Gasteiger charge is -2.27. The van der Waals surface area contributed by atoms with Gasteiger partial charge in [0.2, 0.25) is 10.0 Å². The topological polar surface area (TPSA) is 87.2 Å². The van der Waals surface area contributed by atoms with Crippen molar-refractivity contribution in [3.63, 3.8) is 0 Å². The summed E-state index contributed by atoms with van der Waals surface area (Å²) in [5.41, 5.74) is 8.61. The molecule has 2 N–H and O–H groups in total. The van der Waals surface area contributed by atoms with Crippen LogP contribution in [0.5, 0.6) is 0 Å². The first-order valence-corrected chi connectivity index (χ1v) is 7.03. The van der Waals surface area contributed by atoms with Gasteiger partial charge in [0.25, 0.3) is 0 Å².